The molecule has 0 saturated heterocycles. The van der Waals surface area contributed by atoms with Crippen molar-refractivity contribution in [3.8, 4) is 0 Å². The molecule has 0 radical (unpaired) electrons. The molecule has 1 heterocycles. The van der Waals surface area contributed by atoms with Crippen LogP contribution in [0.25, 0.3) is 0 Å². The Morgan fingerprint density at radius 1 is 1.50 bits per heavy atom. The molecule has 0 bridgehead atoms. The third-order valence-corrected chi connectivity index (χ3v) is 4.11. The summed E-state index contributed by atoms with van der Waals surface area (Å²) in [6.07, 6.45) is 1.25. The summed E-state index contributed by atoms with van der Waals surface area (Å²) in [5, 5.41) is 15.9. The van der Waals surface area contributed by atoms with Gasteiger partial charge in [-0.25, -0.2) is 17.8 Å². The van der Waals surface area contributed by atoms with Gasteiger partial charge in [-0.15, -0.1) is 5.10 Å². The van der Waals surface area contributed by atoms with Crippen molar-refractivity contribution < 1.29 is 18.3 Å². The predicted octanol–water partition coefficient (Wildman–Crippen LogP) is 0.373. The van der Waals surface area contributed by atoms with Gasteiger partial charge in [-0.1, -0.05) is 26.0 Å². The van der Waals surface area contributed by atoms with Crippen LogP contribution in [0.1, 0.15) is 33.6 Å². The van der Waals surface area contributed by atoms with Gasteiger partial charge in [0.05, 0.1) is 12.6 Å². The predicted molar refractivity (Wildman–Crippen MR) is 71.4 cm³/mol. The Bertz CT molecular complexity index is 573. The number of hydrogen-bond acceptors (Lipinski definition) is 5. The molecule has 9 heteroatoms. The van der Waals surface area contributed by atoms with Gasteiger partial charge in [0.2, 0.25) is 0 Å². The zero-order chi connectivity index (χ0) is 15.6. The van der Waals surface area contributed by atoms with Crippen LogP contribution in [0, 0.1) is 5.41 Å². The summed E-state index contributed by atoms with van der Waals surface area (Å²) in [6.45, 7) is 5.76. The molecule has 0 amide bonds. The molecule has 0 aliphatic heterocycles. The fourth-order valence-electron chi connectivity index (χ4n) is 1.91. The highest BCUT2D eigenvalue weighted by molar-refractivity contribution is 7.89. The number of sulfonamides is 1. The zero-order valence-electron chi connectivity index (χ0n) is 12.0. The Balaban J connectivity index is 2.94. The lowest BCUT2D eigenvalue weighted by atomic mass is 9.87. The molecule has 2 N–H and O–H groups in total. The number of aromatic nitrogens is 3. The number of aryl methyl sites for hydroxylation is 1. The standard InChI is InChI=1S/C11H20N4O4S/c1-11(2,3)6-8(5-10(16)17)13-20(18,19)9-7-12-14-15(9)4/h7-8,13H,5-6H2,1-4H3,(H,16,17). The van der Waals surface area contributed by atoms with Crippen molar-refractivity contribution in [3.05, 3.63) is 6.20 Å². The van der Waals surface area contributed by atoms with E-state index in [1.54, 1.807) is 0 Å². The molecule has 1 aromatic rings. The summed E-state index contributed by atoms with van der Waals surface area (Å²) < 4.78 is 27.9. The number of carbonyl (C=O) groups is 1. The normalized spacial score (nSPS) is 14.2. The van der Waals surface area contributed by atoms with Crippen molar-refractivity contribution in [3.63, 3.8) is 0 Å². The van der Waals surface area contributed by atoms with Gasteiger partial charge in [-0.3, -0.25) is 4.79 Å². The van der Waals surface area contributed by atoms with Crippen LogP contribution < -0.4 is 4.72 Å². The minimum Gasteiger partial charge on any atom is -0.481 e. The number of carboxylic acid groups (broad SMARTS) is 1. The van der Waals surface area contributed by atoms with Gasteiger partial charge in [-0.05, 0) is 11.8 Å². The molecule has 0 fully saturated rings. The van der Waals surface area contributed by atoms with Crippen molar-refractivity contribution in [1.82, 2.24) is 19.7 Å². The Hall–Kier alpha value is -1.48. The van der Waals surface area contributed by atoms with Crippen LogP contribution in [-0.4, -0.2) is 40.5 Å². The van der Waals surface area contributed by atoms with Crippen LogP contribution >= 0.6 is 0 Å². The summed E-state index contributed by atoms with van der Waals surface area (Å²) in [5.41, 5.74) is -0.201. The highest BCUT2D eigenvalue weighted by Crippen LogP contribution is 2.23. The fraction of sp³-hybridized carbons (Fsp3) is 0.727. The van der Waals surface area contributed by atoms with Crippen molar-refractivity contribution in [2.45, 2.75) is 44.7 Å². The molecule has 0 aliphatic carbocycles. The highest BCUT2D eigenvalue weighted by atomic mass is 32.2. The molecule has 0 aliphatic rings. The van der Waals surface area contributed by atoms with Crippen LogP contribution in [0.5, 0.6) is 0 Å². The van der Waals surface area contributed by atoms with E-state index in [4.69, 9.17) is 5.11 Å². The fourth-order valence-corrected chi connectivity index (χ4v) is 3.21. The number of aliphatic carboxylic acids is 1. The highest BCUT2D eigenvalue weighted by Gasteiger charge is 2.28. The van der Waals surface area contributed by atoms with Gasteiger partial charge < -0.3 is 5.11 Å². The Morgan fingerprint density at radius 3 is 2.50 bits per heavy atom. The number of rotatable bonds is 6. The second-order valence-electron chi connectivity index (χ2n) is 5.88. The Kier molecular flexibility index (Phi) is 4.87. The molecule has 1 atom stereocenters. The van der Waals surface area contributed by atoms with E-state index in [1.165, 1.54) is 7.05 Å². The van der Waals surface area contributed by atoms with Crippen LogP contribution in [-0.2, 0) is 21.9 Å². The third-order valence-electron chi connectivity index (χ3n) is 2.55. The summed E-state index contributed by atoms with van der Waals surface area (Å²) in [6, 6.07) is -0.688. The number of hydrogen-bond donors (Lipinski definition) is 2. The molecule has 8 nitrogen and oxygen atoms in total. The van der Waals surface area contributed by atoms with Crippen LogP contribution in [0.4, 0.5) is 0 Å². The van der Waals surface area contributed by atoms with E-state index in [9.17, 15) is 13.2 Å². The van der Waals surface area contributed by atoms with Crippen molar-refractivity contribution >= 4 is 16.0 Å². The zero-order valence-corrected chi connectivity index (χ0v) is 12.8. The molecule has 0 spiro atoms. The van der Waals surface area contributed by atoms with Crippen LogP contribution in [0.15, 0.2) is 11.2 Å². The van der Waals surface area contributed by atoms with E-state index in [0.29, 0.717) is 6.42 Å². The number of nitrogens with one attached hydrogen (secondary N) is 1. The van der Waals surface area contributed by atoms with E-state index in [1.807, 2.05) is 20.8 Å². The van der Waals surface area contributed by atoms with Gasteiger partial charge in [0.25, 0.3) is 10.0 Å². The molecule has 0 saturated carbocycles. The second-order valence-corrected chi connectivity index (χ2v) is 7.54. The third kappa shape index (κ3) is 4.89. The molecular formula is C11H20N4O4S. The lowest BCUT2D eigenvalue weighted by molar-refractivity contribution is -0.137. The topological polar surface area (TPSA) is 114 Å². The first kappa shape index (κ1) is 16.6. The minimum atomic E-state index is -3.84. The molecular weight excluding hydrogens is 284 g/mol. The second kappa shape index (κ2) is 5.88. The first-order chi connectivity index (χ1) is 9.01. The quantitative estimate of drug-likeness (QED) is 0.785. The largest absolute Gasteiger partial charge is 0.481 e. The molecule has 1 unspecified atom stereocenters. The average Bonchev–Trinajstić information content (AvgIpc) is 2.59. The van der Waals surface area contributed by atoms with Gasteiger partial charge in [0, 0.05) is 13.1 Å². The number of carboxylic acids is 1. The van der Waals surface area contributed by atoms with Gasteiger partial charge >= 0.3 is 5.97 Å². The molecule has 0 aromatic carbocycles. The molecule has 114 valence electrons. The molecule has 20 heavy (non-hydrogen) atoms. The first-order valence-electron chi connectivity index (χ1n) is 6.10. The summed E-state index contributed by atoms with van der Waals surface area (Å²) in [5.74, 6) is -1.05. The average molecular weight is 304 g/mol. The SMILES string of the molecule is Cn1nncc1S(=O)(=O)NC(CC(=O)O)CC(C)(C)C. The minimum absolute atomic E-state index is 0.0956. The maximum atomic E-state index is 12.2. The maximum absolute atomic E-state index is 12.2. The molecule has 1 aromatic heterocycles. The van der Waals surface area contributed by atoms with Crippen molar-refractivity contribution in [2.24, 2.45) is 12.5 Å². The lowest BCUT2D eigenvalue weighted by Crippen LogP contribution is -2.39. The van der Waals surface area contributed by atoms with E-state index in [2.05, 4.69) is 15.0 Å². The Morgan fingerprint density at radius 2 is 2.10 bits per heavy atom. The van der Waals surface area contributed by atoms with E-state index in [-0.39, 0.29) is 16.9 Å². The van der Waals surface area contributed by atoms with E-state index < -0.39 is 22.0 Å². The van der Waals surface area contributed by atoms with Gasteiger partial charge in [-0.2, -0.15) is 0 Å². The van der Waals surface area contributed by atoms with Crippen molar-refractivity contribution in [1.29, 1.82) is 0 Å². The smallest absolute Gasteiger partial charge is 0.304 e. The first-order valence-corrected chi connectivity index (χ1v) is 7.58. The van der Waals surface area contributed by atoms with Crippen LogP contribution in [0.3, 0.4) is 0 Å². The lowest BCUT2D eigenvalue weighted by Gasteiger charge is -2.25. The van der Waals surface area contributed by atoms with Crippen LogP contribution in [0.2, 0.25) is 0 Å². The monoisotopic (exact) mass is 304 g/mol. The summed E-state index contributed by atoms with van der Waals surface area (Å²) in [4.78, 5) is 10.9. The van der Waals surface area contributed by atoms with Crippen molar-refractivity contribution in [2.75, 3.05) is 0 Å². The number of nitrogens with zero attached hydrogens (tertiary/aromatic N) is 3. The molecule has 1 rings (SSSR count). The summed E-state index contributed by atoms with van der Waals surface area (Å²) >= 11 is 0. The van der Waals surface area contributed by atoms with E-state index >= 15 is 0 Å². The summed E-state index contributed by atoms with van der Waals surface area (Å²) in [7, 11) is -2.38. The van der Waals surface area contributed by atoms with Gasteiger partial charge in [0.1, 0.15) is 0 Å². The maximum Gasteiger partial charge on any atom is 0.304 e. The van der Waals surface area contributed by atoms with Gasteiger partial charge in [0.15, 0.2) is 5.03 Å². The Labute approximate surface area is 118 Å². The van der Waals surface area contributed by atoms with E-state index in [0.717, 1.165) is 10.9 Å².